The standard InChI is InChI=1S/C30H42N2O.C12H8N.Cu/c1-19(2)23-13-11-14-24(20(3)4)27(23)31-17-30(9,10)29(33)32(18-31)28-25(21(5)6)15-12-16-26(28)22(7)8;1-3-7-11-9(5-1)10-6-2-4-8-12(10)13-11;/h11-16,19-22H,17H2,1-10H3;1-8H;/q;-1;+2. The largest absolute Gasteiger partial charge is 2.00 e. The number of fused-ring (bicyclic) bond motifs is 3. The van der Waals surface area contributed by atoms with Crippen LogP contribution in [0.15, 0.2) is 84.9 Å². The molecule has 1 amide bonds. The molecule has 4 aromatic carbocycles. The van der Waals surface area contributed by atoms with Crippen LogP contribution in [-0.4, -0.2) is 23.4 Å². The van der Waals surface area contributed by atoms with E-state index in [9.17, 15) is 4.79 Å². The van der Waals surface area contributed by atoms with Crippen molar-refractivity contribution in [2.75, 3.05) is 11.4 Å². The monoisotopic (exact) mass is 675 g/mol. The minimum atomic E-state index is -0.540. The molecule has 4 nitrogen and oxygen atoms in total. The number of carbonyl (C=O) groups is 1. The van der Waals surface area contributed by atoms with Gasteiger partial charge < -0.3 is 14.4 Å². The van der Waals surface area contributed by atoms with Gasteiger partial charge in [0.15, 0.2) is 0 Å². The van der Waals surface area contributed by atoms with E-state index in [0.717, 1.165) is 16.7 Å². The third kappa shape index (κ3) is 7.27. The van der Waals surface area contributed by atoms with E-state index in [2.05, 4.69) is 158 Å². The predicted molar refractivity (Wildman–Crippen MR) is 195 cm³/mol. The molecule has 47 heavy (non-hydrogen) atoms. The Hall–Kier alpha value is -3.66. The molecule has 0 N–H and O–H groups in total. The van der Waals surface area contributed by atoms with Crippen molar-refractivity contribution in [2.45, 2.75) is 92.9 Å². The van der Waals surface area contributed by atoms with Crippen molar-refractivity contribution in [3.8, 4) is 0 Å². The van der Waals surface area contributed by atoms with Crippen molar-refractivity contribution in [1.29, 1.82) is 0 Å². The molecular weight excluding hydrogens is 626 g/mol. The summed E-state index contributed by atoms with van der Waals surface area (Å²) < 4.78 is 2.23. The fourth-order valence-corrected chi connectivity index (χ4v) is 6.57. The number of anilines is 1. The molecular formula is C42H50CuN3O+. The Balaban J connectivity index is 0.000000294. The SMILES string of the molecule is CC(C)c1cccc(C(C)C)c1N1[C-]=[N+](c2c(C(C)C)cccc2C(C)C)CC(C)(C)C1=O.[Cu+2].c1ccc2c(c1)[n-]c1ccccc12. The van der Waals surface area contributed by atoms with E-state index in [1.54, 1.807) is 0 Å². The zero-order valence-electron chi connectivity index (χ0n) is 29.7. The smallest absolute Gasteiger partial charge is 0.657 e. The van der Waals surface area contributed by atoms with Crippen LogP contribution < -0.4 is 9.88 Å². The van der Waals surface area contributed by atoms with Crippen LogP contribution in [0.25, 0.3) is 21.8 Å². The minimum Gasteiger partial charge on any atom is -0.657 e. The molecule has 0 atom stereocenters. The maximum atomic E-state index is 13.8. The Bertz CT molecular complexity index is 1790. The third-order valence-corrected chi connectivity index (χ3v) is 9.07. The van der Waals surface area contributed by atoms with Gasteiger partial charge in [0, 0.05) is 0 Å². The van der Waals surface area contributed by atoms with Gasteiger partial charge >= 0.3 is 17.1 Å². The van der Waals surface area contributed by atoms with Gasteiger partial charge in [-0.05, 0) is 56.7 Å². The van der Waals surface area contributed by atoms with Crippen LogP contribution in [0, 0.1) is 5.41 Å². The molecule has 1 aromatic heterocycles. The number of carbonyl (C=O) groups excluding carboxylic acids is 1. The van der Waals surface area contributed by atoms with Gasteiger partial charge in [0.25, 0.3) is 0 Å². The maximum absolute atomic E-state index is 13.8. The first-order valence-corrected chi connectivity index (χ1v) is 16.9. The van der Waals surface area contributed by atoms with Crippen molar-refractivity contribution >= 4 is 45.4 Å². The molecule has 6 rings (SSSR count). The second-order valence-corrected chi connectivity index (χ2v) is 14.5. The van der Waals surface area contributed by atoms with E-state index >= 15 is 0 Å². The fourth-order valence-electron chi connectivity index (χ4n) is 6.57. The number of para-hydroxylation sites is 4. The molecule has 1 aliphatic heterocycles. The van der Waals surface area contributed by atoms with Crippen molar-refractivity contribution in [2.24, 2.45) is 5.41 Å². The Morgan fingerprint density at radius 2 is 1.04 bits per heavy atom. The normalized spacial score (nSPS) is 14.6. The molecule has 249 valence electrons. The van der Waals surface area contributed by atoms with E-state index in [-0.39, 0.29) is 23.0 Å². The molecule has 0 saturated heterocycles. The average molecular weight is 676 g/mol. The van der Waals surface area contributed by atoms with Gasteiger partial charge in [-0.3, -0.25) is 4.90 Å². The van der Waals surface area contributed by atoms with Crippen LogP contribution in [0.4, 0.5) is 11.4 Å². The van der Waals surface area contributed by atoms with Crippen molar-refractivity contribution in [1.82, 2.24) is 4.98 Å². The molecule has 5 heteroatoms. The fraction of sp³-hybridized carbons (Fsp3) is 0.381. The molecule has 0 saturated carbocycles. The number of benzene rings is 4. The molecule has 0 spiro atoms. The van der Waals surface area contributed by atoms with Crippen LogP contribution >= 0.6 is 0 Å². The van der Waals surface area contributed by atoms with Crippen LogP contribution in [0.1, 0.15) is 115 Å². The third-order valence-electron chi connectivity index (χ3n) is 9.07. The van der Waals surface area contributed by atoms with Crippen LogP contribution in [0.2, 0.25) is 0 Å². The number of aromatic nitrogens is 1. The van der Waals surface area contributed by atoms with Crippen LogP contribution in [0.3, 0.4) is 0 Å². The van der Waals surface area contributed by atoms with Crippen molar-refractivity contribution < 1.29 is 26.4 Å². The summed E-state index contributed by atoms with van der Waals surface area (Å²) in [5, 5.41) is 2.50. The number of hydrogen-bond donors (Lipinski definition) is 0. The maximum Gasteiger partial charge on any atom is 2.00 e. The summed E-state index contributed by atoms with van der Waals surface area (Å²) in [5.74, 6) is 1.48. The van der Waals surface area contributed by atoms with E-state index in [1.807, 2.05) is 17.0 Å². The summed E-state index contributed by atoms with van der Waals surface area (Å²) in [4.78, 5) is 20.2. The number of rotatable bonds is 6. The topological polar surface area (TPSA) is 37.4 Å². The summed E-state index contributed by atoms with van der Waals surface area (Å²) in [5.41, 5.74) is 8.86. The first kappa shape index (κ1) is 36.2. The van der Waals surface area contributed by atoms with Crippen LogP contribution in [0.5, 0.6) is 0 Å². The zero-order chi connectivity index (χ0) is 33.3. The zero-order valence-corrected chi connectivity index (χ0v) is 30.6. The quantitative estimate of drug-likeness (QED) is 0.102. The second kappa shape index (κ2) is 14.6. The Labute approximate surface area is 292 Å². The van der Waals surface area contributed by atoms with Crippen molar-refractivity contribution in [3.63, 3.8) is 0 Å². The van der Waals surface area contributed by atoms with Gasteiger partial charge in [0.1, 0.15) is 0 Å². The molecule has 0 unspecified atom stereocenters. The van der Waals surface area contributed by atoms with E-state index < -0.39 is 5.41 Å². The average Bonchev–Trinajstić information content (AvgIpc) is 3.40. The number of hydrogen-bond acceptors (Lipinski definition) is 1. The van der Waals surface area contributed by atoms with Gasteiger partial charge in [-0.2, -0.15) is 0 Å². The van der Waals surface area contributed by atoms with Gasteiger partial charge in [0.2, 0.25) is 12.2 Å². The molecule has 0 fully saturated rings. The van der Waals surface area contributed by atoms with Gasteiger partial charge in [-0.1, -0.05) is 154 Å². The van der Waals surface area contributed by atoms with E-state index in [0.29, 0.717) is 30.2 Å². The summed E-state index contributed by atoms with van der Waals surface area (Å²) in [7, 11) is 0. The summed E-state index contributed by atoms with van der Waals surface area (Å²) in [6.45, 7) is 22.5. The van der Waals surface area contributed by atoms with Crippen LogP contribution in [-0.2, 0) is 21.9 Å². The number of amides is 1. The Morgan fingerprint density at radius 3 is 1.47 bits per heavy atom. The molecule has 0 bridgehead atoms. The summed E-state index contributed by atoms with van der Waals surface area (Å²) in [6, 6.07) is 29.5. The van der Waals surface area contributed by atoms with Gasteiger partial charge in [-0.25, -0.2) is 0 Å². The molecule has 5 aromatic rings. The Kier molecular flexibility index (Phi) is 11.3. The number of nitrogens with zero attached hydrogens (tertiary/aromatic N) is 3. The molecule has 1 radical (unpaired) electrons. The van der Waals surface area contributed by atoms with Gasteiger partial charge in [-0.15, -0.1) is 11.0 Å². The van der Waals surface area contributed by atoms with Crippen molar-refractivity contribution in [3.05, 3.63) is 107 Å². The first-order valence-electron chi connectivity index (χ1n) is 16.9. The Morgan fingerprint density at radius 1 is 0.638 bits per heavy atom. The summed E-state index contributed by atoms with van der Waals surface area (Å²) in [6.07, 6.45) is 3.59. The minimum absolute atomic E-state index is 0. The van der Waals surface area contributed by atoms with E-state index in [1.165, 1.54) is 38.7 Å². The van der Waals surface area contributed by atoms with E-state index in [4.69, 9.17) is 0 Å². The molecule has 1 aliphatic rings. The molecule has 2 heterocycles. The second-order valence-electron chi connectivity index (χ2n) is 14.5. The molecule has 0 aliphatic carbocycles. The predicted octanol–water partition coefficient (Wildman–Crippen LogP) is 10.8. The first-order chi connectivity index (χ1) is 21.8. The summed E-state index contributed by atoms with van der Waals surface area (Å²) >= 11 is 0. The van der Waals surface area contributed by atoms with Gasteiger partial charge in [0.05, 0.1) is 23.3 Å².